The molecule has 0 radical (unpaired) electrons. The molecule has 6 heteroatoms. The molecule has 0 aromatic heterocycles. The Bertz CT molecular complexity index is 582. The van der Waals surface area contributed by atoms with E-state index in [0.29, 0.717) is 0 Å². The van der Waals surface area contributed by atoms with Crippen LogP contribution in [-0.4, -0.2) is 26.9 Å². The fourth-order valence-corrected chi connectivity index (χ4v) is 3.52. The zero-order valence-electron chi connectivity index (χ0n) is 11.7. The van der Waals surface area contributed by atoms with Crippen molar-refractivity contribution in [3.05, 3.63) is 30.3 Å². The molecule has 1 heterocycles. The minimum Gasteiger partial charge on any atom is -0.305 e. The van der Waals surface area contributed by atoms with Crippen molar-refractivity contribution in [3.63, 3.8) is 0 Å². The molecule has 5 nitrogen and oxygen atoms in total. The molecule has 1 aromatic carbocycles. The van der Waals surface area contributed by atoms with E-state index < -0.39 is 22.0 Å². The molecule has 110 valence electrons. The van der Waals surface area contributed by atoms with Crippen molar-refractivity contribution in [3.8, 4) is 0 Å². The predicted octanol–water partition coefficient (Wildman–Crippen LogP) is 1.27. The standard InChI is InChI=1S/C14H20N2O3S/c1-14(2)9-6-10-15-12(14)13(17)16-20(18,19)11-7-4-3-5-8-11/h3-5,7-8,12,15H,6,9-10H2,1-2H3,(H,16,17). The van der Waals surface area contributed by atoms with Crippen LogP contribution in [0.1, 0.15) is 26.7 Å². The lowest BCUT2D eigenvalue weighted by Gasteiger charge is -2.38. The Balaban J connectivity index is 2.15. The van der Waals surface area contributed by atoms with Crippen LogP contribution in [0.4, 0.5) is 0 Å². The summed E-state index contributed by atoms with van der Waals surface area (Å²) in [6, 6.07) is 7.43. The summed E-state index contributed by atoms with van der Waals surface area (Å²) in [7, 11) is -3.80. The van der Waals surface area contributed by atoms with Crippen LogP contribution < -0.4 is 10.0 Å². The molecule has 2 N–H and O–H groups in total. The van der Waals surface area contributed by atoms with Gasteiger partial charge in [-0.2, -0.15) is 0 Å². The molecule has 1 fully saturated rings. The van der Waals surface area contributed by atoms with Crippen molar-refractivity contribution in [2.45, 2.75) is 37.6 Å². The van der Waals surface area contributed by atoms with Gasteiger partial charge >= 0.3 is 0 Å². The van der Waals surface area contributed by atoms with Crippen LogP contribution in [0.5, 0.6) is 0 Å². The van der Waals surface area contributed by atoms with Crippen LogP contribution in [0.25, 0.3) is 0 Å². The summed E-state index contributed by atoms with van der Waals surface area (Å²) in [4.78, 5) is 12.3. The Morgan fingerprint density at radius 1 is 1.30 bits per heavy atom. The van der Waals surface area contributed by atoms with Crippen LogP contribution >= 0.6 is 0 Å². The van der Waals surface area contributed by atoms with Crippen molar-refractivity contribution in [1.29, 1.82) is 0 Å². The molecular weight excluding hydrogens is 276 g/mol. The number of rotatable bonds is 3. The first-order valence-corrected chi connectivity index (χ1v) is 8.16. The lowest BCUT2D eigenvalue weighted by atomic mass is 9.77. The Morgan fingerprint density at radius 3 is 2.55 bits per heavy atom. The summed E-state index contributed by atoms with van der Waals surface area (Å²) in [5, 5.41) is 3.11. The zero-order chi connectivity index (χ0) is 14.8. The Kier molecular flexibility index (Phi) is 4.15. The highest BCUT2D eigenvalue weighted by atomic mass is 32.2. The molecule has 0 saturated carbocycles. The first-order chi connectivity index (χ1) is 9.33. The van der Waals surface area contributed by atoms with E-state index in [-0.39, 0.29) is 10.3 Å². The highest BCUT2D eigenvalue weighted by Gasteiger charge is 2.38. The Labute approximate surface area is 119 Å². The molecule has 1 saturated heterocycles. The Morgan fingerprint density at radius 2 is 1.95 bits per heavy atom. The second kappa shape index (κ2) is 5.54. The summed E-state index contributed by atoms with van der Waals surface area (Å²) < 4.78 is 26.4. The first-order valence-electron chi connectivity index (χ1n) is 6.68. The number of hydrogen-bond acceptors (Lipinski definition) is 4. The Hall–Kier alpha value is -1.40. The van der Waals surface area contributed by atoms with Gasteiger partial charge in [0.2, 0.25) is 0 Å². The van der Waals surface area contributed by atoms with Crippen LogP contribution in [0.3, 0.4) is 0 Å². The fourth-order valence-electron chi connectivity index (χ4n) is 2.51. The number of hydrogen-bond donors (Lipinski definition) is 2. The van der Waals surface area contributed by atoms with Crippen LogP contribution in [0.2, 0.25) is 0 Å². The quantitative estimate of drug-likeness (QED) is 0.881. The van der Waals surface area contributed by atoms with Crippen molar-refractivity contribution in [2.24, 2.45) is 5.41 Å². The van der Waals surface area contributed by atoms with E-state index in [4.69, 9.17) is 0 Å². The van der Waals surface area contributed by atoms with Gasteiger partial charge in [0, 0.05) is 0 Å². The molecule has 1 aliphatic heterocycles. The molecule has 1 aliphatic rings. The van der Waals surface area contributed by atoms with E-state index in [9.17, 15) is 13.2 Å². The minimum atomic E-state index is -3.80. The number of carbonyl (C=O) groups excluding carboxylic acids is 1. The van der Waals surface area contributed by atoms with Crippen LogP contribution in [0, 0.1) is 5.41 Å². The third-order valence-corrected chi connectivity index (χ3v) is 5.04. The maximum atomic E-state index is 12.2. The highest BCUT2D eigenvalue weighted by molar-refractivity contribution is 7.90. The average molecular weight is 296 g/mol. The number of carbonyl (C=O) groups is 1. The SMILES string of the molecule is CC1(C)CCCNC1C(=O)NS(=O)(=O)c1ccccc1. The fraction of sp³-hybridized carbons (Fsp3) is 0.500. The van der Waals surface area contributed by atoms with E-state index in [0.717, 1.165) is 19.4 Å². The largest absolute Gasteiger partial charge is 0.305 e. The zero-order valence-corrected chi connectivity index (χ0v) is 12.5. The van der Waals surface area contributed by atoms with Gasteiger partial charge in [-0.1, -0.05) is 32.0 Å². The molecule has 0 spiro atoms. The smallest absolute Gasteiger partial charge is 0.264 e. The van der Waals surface area contributed by atoms with E-state index in [1.54, 1.807) is 18.2 Å². The van der Waals surface area contributed by atoms with E-state index in [1.807, 2.05) is 13.8 Å². The molecule has 1 atom stereocenters. The minimum absolute atomic E-state index is 0.0990. The molecule has 0 bridgehead atoms. The molecule has 1 unspecified atom stereocenters. The van der Waals surface area contributed by atoms with Gasteiger partial charge in [-0.25, -0.2) is 13.1 Å². The molecular formula is C14H20N2O3S. The summed E-state index contributed by atoms with van der Waals surface area (Å²) in [5.74, 6) is -0.487. The van der Waals surface area contributed by atoms with E-state index in [2.05, 4.69) is 10.0 Å². The summed E-state index contributed by atoms with van der Waals surface area (Å²) in [6.07, 6.45) is 1.88. The van der Waals surface area contributed by atoms with E-state index >= 15 is 0 Å². The van der Waals surface area contributed by atoms with Crippen molar-refractivity contribution in [2.75, 3.05) is 6.54 Å². The number of sulfonamides is 1. The van der Waals surface area contributed by atoms with Gasteiger partial charge < -0.3 is 5.32 Å². The van der Waals surface area contributed by atoms with Crippen LogP contribution in [-0.2, 0) is 14.8 Å². The number of nitrogens with one attached hydrogen (secondary N) is 2. The number of amides is 1. The number of piperidine rings is 1. The molecule has 1 aromatic rings. The second-order valence-electron chi connectivity index (χ2n) is 5.76. The van der Waals surface area contributed by atoms with Crippen molar-refractivity contribution in [1.82, 2.24) is 10.0 Å². The molecule has 2 rings (SSSR count). The molecule has 20 heavy (non-hydrogen) atoms. The monoisotopic (exact) mass is 296 g/mol. The normalized spacial score (nSPS) is 22.2. The topological polar surface area (TPSA) is 75.3 Å². The third-order valence-electron chi connectivity index (χ3n) is 3.68. The van der Waals surface area contributed by atoms with Gasteiger partial charge in [-0.15, -0.1) is 0 Å². The summed E-state index contributed by atoms with van der Waals surface area (Å²) in [5.41, 5.74) is -0.255. The highest BCUT2D eigenvalue weighted by Crippen LogP contribution is 2.30. The van der Waals surface area contributed by atoms with Gasteiger partial charge in [0.25, 0.3) is 15.9 Å². The van der Waals surface area contributed by atoms with Crippen molar-refractivity contribution < 1.29 is 13.2 Å². The summed E-state index contributed by atoms with van der Waals surface area (Å²) >= 11 is 0. The summed E-state index contributed by atoms with van der Waals surface area (Å²) in [6.45, 7) is 4.67. The van der Waals surface area contributed by atoms with E-state index in [1.165, 1.54) is 12.1 Å². The predicted molar refractivity (Wildman–Crippen MR) is 76.6 cm³/mol. The van der Waals surface area contributed by atoms with Gasteiger partial charge in [0.05, 0.1) is 10.9 Å². The maximum absolute atomic E-state index is 12.2. The van der Waals surface area contributed by atoms with Gasteiger partial charge in [0.1, 0.15) is 0 Å². The number of benzene rings is 1. The average Bonchev–Trinajstić information content (AvgIpc) is 2.38. The molecule has 1 amide bonds. The third kappa shape index (κ3) is 3.19. The van der Waals surface area contributed by atoms with Gasteiger partial charge in [-0.3, -0.25) is 4.79 Å². The first kappa shape index (κ1) is 15.0. The van der Waals surface area contributed by atoms with Crippen molar-refractivity contribution >= 4 is 15.9 Å². The van der Waals surface area contributed by atoms with Crippen LogP contribution in [0.15, 0.2) is 35.2 Å². The lowest BCUT2D eigenvalue weighted by Crippen LogP contribution is -2.56. The lowest BCUT2D eigenvalue weighted by molar-refractivity contribution is -0.124. The second-order valence-corrected chi connectivity index (χ2v) is 7.44. The van der Waals surface area contributed by atoms with Gasteiger partial charge in [0.15, 0.2) is 0 Å². The molecule has 0 aliphatic carbocycles. The van der Waals surface area contributed by atoms with Gasteiger partial charge in [-0.05, 0) is 36.9 Å². The maximum Gasteiger partial charge on any atom is 0.264 e.